The van der Waals surface area contributed by atoms with Crippen molar-refractivity contribution in [2.75, 3.05) is 32.1 Å². The largest absolute Gasteiger partial charge is 0.497 e. The van der Waals surface area contributed by atoms with Crippen molar-refractivity contribution >= 4 is 17.0 Å². The highest BCUT2D eigenvalue weighted by Gasteiger charge is 2.42. The van der Waals surface area contributed by atoms with Gasteiger partial charge in [-0.15, -0.1) is 11.3 Å². The molecule has 2 aromatic rings. The standard InChI is InChI=1S/C20H27N3O2S/c1-15-21-18(14-26-15)12-23-8-6-20(7-9-23)11-17(13-25-20)22-16-4-3-5-19(10-16)24-2/h3-5,10,14,17,22H,6-9,11-13H2,1-2H3/t17-/m0/s1. The molecule has 1 N–H and O–H groups in total. The van der Waals surface area contributed by atoms with Gasteiger partial charge in [-0.2, -0.15) is 0 Å². The lowest BCUT2D eigenvalue weighted by molar-refractivity contribution is -0.0449. The van der Waals surface area contributed by atoms with Crippen LogP contribution in [0.4, 0.5) is 5.69 Å². The monoisotopic (exact) mass is 373 g/mol. The van der Waals surface area contributed by atoms with Crippen molar-refractivity contribution in [3.63, 3.8) is 0 Å². The smallest absolute Gasteiger partial charge is 0.120 e. The second-order valence-electron chi connectivity index (χ2n) is 7.41. The van der Waals surface area contributed by atoms with E-state index in [1.807, 2.05) is 18.2 Å². The average molecular weight is 374 g/mol. The number of benzene rings is 1. The lowest BCUT2D eigenvalue weighted by Crippen LogP contribution is -2.44. The van der Waals surface area contributed by atoms with Gasteiger partial charge in [0.1, 0.15) is 5.75 Å². The van der Waals surface area contributed by atoms with Gasteiger partial charge in [0.05, 0.1) is 36.1 Å². The van der Waals surface area contributed by atoms with Gasteiger partial charge in [0.2, 0.25) is 0 Å². The molecule has 0 unspecified atom stereocenters. The molecule has 1 atom stereocenters. The molecule has 2 fully saturated rings. The van der Waals surface area contributed by atoms with Crippen LogP contribution in [0, 0.1) is 6.92 Å². The molecule has 5 nitrogen and oxygen atoms in total. The van der Waals surface area contributed by atoms with E-state index in [0.717, 1.165) is 61.9 Å². The lowest BCUT2D eigenvalue weighted by atomic mass is 9.87. The number of methoxy groups -OCH3 is 1. The minimum absolute atomic E-state index is 0.0467. The minimum Gasteiger partial charge on any atom is -0.497 e. The van der Waals surface area contributed by atoms with Crippen molar-refractivity contribution in [3.05, 3.63) is 40.3 Å². The van der Waals surface area contributed by atoms with Gasteiger partial charge < -0.3 is 14.8 Å². The Labute approximate surface area is 159 Å². The summed E-state index contributed by atoms with van der Waals surface area (Å²) in [6.45, 7) is 5.99. The lowest BCUT2D eigenvalue weighted by Gasteiger charge is -2.38. The molecule has 1 aromatic carbocycles. The molecule has 0 bridgehead atoms. The number of thiazole rings is 1. The number of hydrogen-bond donors (Lipinski definition) is 1. The third kappa shape index (κ3) is 4.03. The van der Waals surface area contributed by atoms with Gasteiger partial charge in [0, 0.05) is 36.8 Å². The quantitative estimate of drug-likeness (QED) is 0.866. The van der Waals surface area contributed by atoms with Crippen LogP contribution >= 0.6 is 11.3 Å². The van der Waals surface area contributed by atoms with Crippen LogP contribution in [0.3, 0.4) is 0 Å². The molecule has 0 saturated carbocycles. The van der Waals surface area contributed by atoms with Crippen LogP contribution in [0.15, 0.2) is 29.6 Å². The number of aromatic nitrogens is 1. The topological polar surface area (TPSA) is 46.6 Å². The van der Waals surface area contributed by atoms with Crippen LogP contribution in [0.25, 0.3) is 0 Å². The zero-order valence-electron chi connectivity index (χ0n) is 15.5. The summed E-state index contributed by atoms with van der Waals surface area (Å²) in [5.74, 6) is 0.884. The first-order valence-electron chi connectivity index (χ1n) is 9.32. The summed E-state index contributed by atoms with van der Waals surface area (Å²) in [5, 5.41) is 6.95. The van der Waals surface area contributed by atoms with Crippen molar-refractivity contribution in [2.24, 2.45) is 0 Å². The summed E-state index contributed by atoms with van der Waals surface area (Å²) in [5.41, 5.74) is 2.35. The Morgan fingerprint density at radius 3 is 2.96 bits per heavy atom. The van der Waals surface area contributed by atoms with Gasteiger partial charge in [0.15, 0.2) is 0 Å². The van der Waals surface area contributed by atoms with Crippen molar-refractivity contribution in [3.8, 4) is 5.75 Å². The summed E-state index contributed by atoms with van der Waals surface area (Å²) >= 11 is 1.74. The molecule has 6 heteroatoms. The van der Waals surface area contributed by atoms with E-state index in [0.29, 0.717) is 6.04 Å². The van der Waals surface area contributed by atoms with E-state index < -0.39 is 0 Å². The molecule has 1 spiro atoms. The fourth-order valence-corrected chi connectivity index (χ4v) is 4.67. The highest BCUT2D eigenvalue weighted by molar-refractivity contribution is 7.09. The molecule has 140 valence electrons. The van der Waals surface area contributed by atoms with Gasteiger partial charge >= 0.3 is 0 Å². The fourth-order valence-electron chi connectivity index (χ4n) is 4.06. The first-order chi connectivity index (χ1) is 12.6. The van der Waals surface area contributed by atoms with E-state index in [2.05, 4.69) is 33.6 Å². The van der Waals surface area contributed by atoms with Crippen LogP contribution in [0.1, 0.15) is 30.0 Å². The molecule has 2 aliphatic rings. The number of aryl methyl sites for hydroxylation is 1. The molecule has 0 radical (unpaired) electrons. The summed E-state index contributed by atoms with van der Waals surface area (Å²) < 4.78 is 11.6. The molecule has 2 saturated heterocycles. The highest BCUT2D eigenvalue weighted by atomic mass is 32.1. The Balaban J connectivity index is 1.29. The predicted molar refractivity (Wildman–Crippen MR) is 105 cm³/mol. The summed E-state index contributed by atoms with van der Waals surface area (Å²) in [6.07, 6.45) is 3.28. The Kier molecular flexibility index (Phi) is 5.16. The van der Waals surface area contributed by atoms with Gasteiger partial charge in [-0.3, -0.25) is 4.90 Å². The average Bonchev–Trinajstić information content (AvgIpc) is 3.24. The molecule has 0 amide bonds. The number of nitrogens with one attached hydrogen (secondary N) is 1. The Bertz CT molecular complexity index is 740. The fraction of sp³-hybridized carbons (Fsp3) is 0.550. The number of hydrogen-bond acceptors (Lipinski definition) is 6. The van der Waals surface area contributed by atoms with E-state index >= 15 is 0 Å². The van der Waals surface area contributed by atoms with Crippen molar-refractivity contribution in [1.82, 2.24) is 9.88 Å². The number of piperidine rings is 1. The highest BCUT2D eigenvalue weighted by Crippen LogP contribution is 2.37. The molecular formula is C20H27N3O2S. The number of ether oxygens (including phenoxy) is 2. The predicted octanol–water partition coefficient (Wildman–Crippen LogP) is 3.70. The van der Waals surface area contributed by atoms with Gasteiger partial charge in [0.25, 0.3) is 0 Å². The summed E-state index contributed by atoms with van der Waals surface area (Å²) in [7, 11) is 1.70. The van der Waals surface area contributed by atoms with Crippen molar-refractivity contribution < 1.29 is 9.47 Å². The van der Waals surface area contributed by atoms with Gasteiger partial charge in [-0.25, -0.2) is 4.98 Å². The number of nitrogens with zero attached hydrogens (tertiary/aromatic N) is 2. The SMILES string of the molecule is COc1cccc(N[C@@H]2COC3(CCN(Cc4csc(C)n4)CC3)C2)c1. The second kappa shape index (κ2) is 7.55. The molecule has 4 rings (SSSR count). The Morgan fingerprint density at radius 2 is 2.23 bits per heavy atom. The summed E-state index contributed by atoms with van der Waals surface area (Å²) in [4.78, 5) is 7.10. The number of rotatable bonds is 5. The summed E-state index contributed by atoms with van der Waals surface area (Å²) in [6, 6.07) is 8.49. The molecule has 1 aromatic heterocycles. The molecule has 0 aliphatic carbocycles. The molecule has 26 heavy (non-hydrogen) atoms. The zero-order valence-corrected chi connectivity index (χ0v) is 16.3. The van der Waals surface area contributed by atoms with E-state index in [1.165, 1.54) is 5.69 Å². The molecule has 2 aliphatic heterocycles. The van der Waals surface area contributed by atoms with Crippen LogP contribution in [-0.2, 0) is 11.3 Å². The van der Waals surface area contributed by atoms with E-state index in [-0.39, 0.29) is 5.60 Å². The normalized spacial score (nSPS) is 22.6. The first kappa shape index (κ1) is 17.8. The molecular weight excluding hydrogens is 346 g/mol. The van der Waals surface area contributed by atoms with E-state index in [9.17, 15) is 0 Å². The third-order valence-corrected chi connectivity index (χ3v) is 6.29. The third-order valence-electron chi connectivity index (χ3n) is 5.47. The van der Waals surface area contributed by atoms with Crippen molar-refractivity contribution in [1.29, 1.82) is 0 Å². The number of likely N-dealkylation sites (tertiary alicyclic amines) is 1. The zero-order chi connectivity index (χ0) is 18.0. The maximum atomic E-state index is 6.29. The van der Waals surface area contributed by atoms with Crippen LogP contribution in [0.5, 0.6) is 5.75 Å². The second-order valence-corrected chi connectivity index (χ2v) is 8.47. The van der Waals surface area contributed by atoms with Crippen LogP contribution in [0.2, 0.25) is 0 Å². The van der Waals surface area contributed by atoms with Gasteiger partial charge in [-0.1, -0.05) is 6.07 Å². The van der Waals surface area contributed by atoms with E-state index in [1.54, 1.807) is 18.4 Å². The van der Waals surface area contributed by atoms with E-state index in [4.69, 9.17) is 9.47 Å². The number of anilines is 1. The Morgan fingerprint density at radius 1 is 1.38 bits per heavy atom. The van der Waals surface area contributed by atoms with Crippen molar-refractivity contribution in [2.45, 2.75) is 44.4 Å². The molecule has 3 heterocycles. The minimum atomic E-state index is 0.0467. The Hall–Kier alpha value is -1.63. The maximum Gasteiger partial charge on any atom is 0.120 e. The van der Waals surface area contributed by atoms with Crippen LogP contribution < -0.4 is 10.1 Å². The van der Waals surface area contributed by atoms with Crippen LogP contribution in [-0.4, -0.2) is 48.3 Å². The maximum absolute atomic E-state index is 6.29. The first-order valence-corrected chi connectivity index (χ1v) is 10.2. The van der Waals surface area contributed by atoms with Gasteiger partial charge in [-0.05, 0) is 38.3 Å².